The van der Waals surface area contributed by atoms with Crippen LogP contribution in [-0.4, -0.2) is 72.5 Å². The molecular formula is C38H36N6O7. The van der Waals surface area contributed by atoms with Crippen LogP contribution in [0.25, 0.3) is 28.0 Å². The molecule has 1 aliphatic rings. The van der Waals surface area contributed by atoms with Crippen molar-refractivity contribution in [2.75, 3.05) is 46.8 Å². The molecule has 6 aromatic rings. The topological polar surface area (TPSA) is 143 Å². The summed E-state index contributed by atoms with van der Waals surface area (Å²) in [5, 5.41) is 16.4. The van der Waals surface area contributed by atoms with Crippen LogP contribution in [0.15, 0.2) is 88.1 Å². The first-order valence-corrected chi connectivity index (χ1v) is 16.3. The third-order valence-corrected chi connectivity index (χ3v) is 8.97. The van der Waals surface area contributed by atoms with Gasteiger partial charge in [0.15, 0.2) is 34.2 Å². The molecule has 0 radical (unpaired) electrons. The summed E-state index contributed by atoms with van der Waals surface area (Å²) in [7, 11) is 6.32. The van der Waals surface area contributed by atoms with Crippen LogP contribution in [-0.2, 0) is 19.4 Å². The van der Waals surface area contributed by atoms with Crippen molar-refractivity contribution in [1.82, 2.24) is 25.1 Å². The summed E-state index contributed by atoms with van der Waals surface area (Å²) in [6, 6.07) is 23.3. The smallest absolute Gasteiger partial charge is 0.291 e. The van der Waals surface area contributed by atoms with E-state index in [-0.39, 0.29) is 17.0 Å². The Labute approximate surface area is 293 Å². The Morgan fingerprint density at radius 2 is 1.53 bits per heavy atom. The van der Waals surface area contributed by atoms with E-state index in [1.54, 1.807) is 50.6 Å². The van der Waals surface area contributed by atoms with E-state index in [1.165, 1.54) is 35.7 Å². The third kappa shape index (κ3) is 6.83. The maximum Gasteiger partial charge on any atom is 0.291 e. The number of nitrogens with zero attached hydrogens (tertiary/aromatic N) is 5. The van der Waals surface area contributed by atoms with E-state index in [4.69, 9.17) is 23.4 Å². The van der Waals surface area contributed by atoms with E-state index in [1.807, 2.05) is 12.1 Å². The van der Waals surface area contributed by atoms with Crippen molar-refractivity contribution in [3.63, 3.8) is 0 Å². The highest BCUT2D eigenvalue weighted by molar-refractivity contribution is 6.05. The molecule has 1 amide bonds. The number of tetrazole rings is 1. The van der Waals surface area contributed by atoms with Crippen molar-refractivity contribution in [2.24, 2.45) is 0 Å². The summed E-state index contributed by atoms with van der Waals surface area (Å²) in [5.41, 5.74) is 5.17. The molecule has 0 saturated carbocycles. The van der Waals surface area contributed by atoms with E-state index in [2.05, 4.69) is 49.9 Å². The van der Waals surface area contributed by atoms with E-state index < -0.39 is 5.91 Å². The number of hydrogen-bond donors (Lipinski definition) is 1. The maximum absolute atomic E-state index is 13.4. The summed E-state index contributed by atoms with van der Waals surface area (Å²) in [5.74, 6) is 1.73. The molecule has 0 unspecified atom stereocenters. The Balaban J connectivity index is 1.07. The second-order valence-electron chi connectivity index (χ2n) is 12.0. The maximum atomic E-state index is 13.4. The van der Waals surface area contributed by atoms with E-state index in [0.717, 1.165) is 55.7 Å². The summed E-state index contributed by atoms with van der Waals surface area (Å²) in [4.78, 5) is 29.9. The molecule has 0 aliphatic carbocycles. The number of carbonyl (C=O) groups excluding carboxylic acids is 1. The Morgan fingerprint density at radius 3 is 2.27 bits per heavy atom. The molecule has 260 valence electrons. The summed E-state index contributed by atoms with van der Waals surface area (Å²) < 4.78 is 27.7. The quantitative estimate of drug-likeness (QED) is 0.189. The monoisotopic (exact) mass is 688 g/mol. The van der Waals surface area contributed by atoms with Crippen molar-refractivity contribution in [2.45, 2.75) is 19.4 Å². The predicted octanol–water partition coefficient (Wildman–Crippen LogP) is 5.32. The number of benzene rings is 4. The molecule has 0 atom stereocenters. The van der Waals surface area contributed by atoms with Gasteiger partial charge in [-0.3, -0.25) is 14.5 Å². The first kappa shape index (κ1) is 33.3. The van der Waals surface area contributed by atoms with Gasteiger partial charge >= 0.3 is 0 Å². The number of fused-ring (bicyclic) bond motifs is 2. The first-order chi connectivity index (χ1) is 24.9. The van der Waals surface area contributed by atoms with Crippen LogP contribution in [0.4, 0.5) is 5.69 Å². The molecule has 1 aliphatic heterocycles. The highest BCUT2D eigenvalue weighted by Gasteiger charge is 2.22. The second-order valence-corrected chi connectivity index (χ2v) is 12.0. The van der Waals surface area contributed by atoms with E-state index in [9.17, 15) is 9.59 Å². The fourth-order valence-electron chi connectivity index (χ4n) is 6.21. The molecule has 0 saturated heterocycles. The lowest BCUT2D eigenvalue weighted by atomic mass is 9.98. The van der Waals surface area contributed by atoms with Gasteiger partial charge in [0.05, 0.1) is 50.8 Å². The second kappa shape index (κ2) is 14.3. The largest absolute Gasteiger partial charge is 0.493 e. The first-order valence-electron chi connectivity index (χ1n) is 16.3. The average Bonchev–Trinajstić information content (AvgIpc) is 3.66. The van der Waals surface area contributed by atoms with Gasteiger partial charge < -0.3 is 28.7 Å². The lowest BCUT2D eigenvalue weighted by Gasteiger charge is -2.29. The number of carbonyl (C=O) groups is 1. The van der Waals surface area contributed by atoms with Gasteiger partial charge in [0.2, 0.25) is 5.82 Å². The standard InChI is InChI=1S/C38H36N6O7/c1-47-32-17-24-14-16-43(22-25(24)18-33(32)48-2)15-13-23-9-11-26(12-10-23)44-41-37(40-42-44)28-19-34(49-3)35(50-4)20-29(28)39-38(46)36-21-30(45)27-7-5-6-8-31(27)51-36/h5-12,17-21H,13-16,22H2,1-4H3,(H,39,46). The number of methoxy groups -OCH3 is 4. The molecule has 2 aromatic heterocycles. The van der Waals surface area contributed by atoms with Crippen LogP contribution >= 0.6 is 0 Å². The Kier molecular flexibility index (Phi) is 9.36. The molecule has 13 nitrogen and oxygen atoms in total. The summed E-state index contributed by atoms with van der Waals surface area (Å²) in [6.45, 7) is 2.74. The zero-order chi connectivity index (χ0) is 35.5. The highest BCUT2D eigenvalue weighted by atomic mass is 16.5. The predicted molar refractivity (Wildman–Crippen MR) is 190 cm³/mol. The molecule has 7 rings (SSSR count). The Bertz CT molecular complexity index is 2280. The zero-order valence-electron chi connectivity index (χ0n) is 28.6. The minimum Gasteiger partial charge on any atom is -0.493 e. The van der Waals surface area contributed by atoms with Crippen LogP contribution in [0.2, 0.25) is 0 Å². The third-order valence-electron chi connectivity index (χ3n) is 8.97. The summed E-state index contributed by atoms with van der Waals surface area (Å²) >= 11 is 0. The molecule has 0 fully saturated rings. The van der Waals surface area contributed by atoms with Crippen molar-refractivity contribution >= 4 is 22.6 Å². The number of hydrogen-bond acceptors (Lipinski definition) is 11. The number of rotatable bonds is 11. The Morgan fingerprint density at radius 1 is 0.843 bits per heavy atom. The molecule has 3 heterocycles. The fraction of sp³-hybridized carbons (Fsp3) is 0.237. The van der Waals surface area contributed by atoms with E-state index >= 15 is 0 Å². The minimum atomic E-state index is -0.636. The number of nitrogens with one attached hydrogen (secondary N) is 1. The number of amides is 1. The van der Waals surface area contributed by atoms with Gasteiger partial charge in [0.25, 0.3) is 5.91 Å². The van der Waals surface area contributed by atoms with E-state index in [0.29, 0.717) is 33.7 Å². The van der Waals surface area contributed by atoms with Crippen LogP contribution in [0.5, 0.6) is 23.0 Å². The van der Waals surface area contributed by atoms with Gasteiger partial charge in [-0.15, -0.1) is 15.0 Å². The van der Waals surface area contributed by atoms with Crippen molar-refractivity contribution in [3.8, 4) is 40.1 Å². The summed E-state index contributed by atoms with van der Waals surface area (Å²) in [6.07, 6.45) is 1.84. The van der Waals surface area contributed by atoms with Crippen LogP contribution < -0.4 is 29.7 Å². The fourth-order valence-corrected chi connectivity index (χ4v) is 6.21. The van der Waals surface area contributed by atoms with Crippen LogP contribution in [0.3, 0.4) is 0 Å². The molecule has 1 N–H and O–H groups in total. The normalized spacial score (nSPS) is 12.7. The van der Waals surface area contributed by atoms with Gasteiger partial charge in [0, 0.05) is 31.8 Å². The molecule has 0 bridgehead atoms. The number of para-hydroxylation sites is 1. The molecule has 4 aromatic carbocycles. The SMILES string of the molecule is COc1cc2c(cc1OC)CN(CCc1ccc(-n3nnc(-c4cc(OC)c(OC)cc4NC(=O)c4cc(=O)c5ccccc5o4)n3)cc1)CC2. The highest BCUT2D eigenvalue weighted by Crippen LogP contribution is 2.38. The van der Waals surface area contributed by atoms with Gasteiger partial charge in [-0.05, 0) is 77.2 Å². The molecule has 51 heavy (non-hydrogen) atoms. The molecular weight excluding hydrogens is 652 g/mol. The van der Waals surface area contributed by atoms with Crippen LogP contribution in [0, 0.1) is 0 Å². The zero-order valence-corrected chi connectivity index (χ0v) is 28.6. The Hall–Kier alpha value is -6.21. The lowest BCUT2D eigenvalue weighted by Crippen LogP contribution is -2.32. The van der Waals surface area contributed by atoms with Gasteiger partial charge in [-0.2, -0.15) is 0 Å². The van der Waals surface area contributed by atoms with Gasteiger partial charge in [-0.1, -0.05) is 24.3 Å². The minimum absolute atomic E-state index is 0.151. The van der Waals surface area contributed by atoms with Crippen molar-refractivity contribution in [1.29, 1.82) is 0 Å². The number of ether oxygens (including phenoxy) is 4. The van der Waals surface area contributed by atoms with Crippen molar-refractivity contribution < 1.29 is 28.2 Å². The van der Waals surface area contributed by atoms with Crippen molar-refractivity contribution in [3.05, 3.63) is 112 Å². The average molecular weight is 689 g/mol. The number of aromatic nitrogens is 4. The number of anilines is 1. The van der Waals surface area contributed by atoms with Crippen LogP contribution in [0.1, 0.15) is 27.2 Å². The van der Waals surface area contributed by atoms with Gasteiger partial charge in [-0.25, -0.2) is 0 Å². The molecule has 13 heteroatoms. The molecule has 0 spiro atoms. The lowest BCUT2D eigenvalue weighted by molar-refractivity contribution is 0.0997. The van der Waals surface area contributed by atoms with Gasteiger partial charge in [0.1, 0.15) is 5.58 Å².